The number of hydrogen-bond acceptors (Lipinski definition) is 2. The number of carbonyl (C=O) groups is 1. The molecule has 0 fully saturated rings. The van der Waals surface area contributed by atoms with Gasteiger partial charge < -0.3 is 4.74 Å². The topological polar surface area (TPSA) is 26.3 Å². The number of ether oxygens (including phenoxy) is 1. The van der Waals surface area contributed by atoms with Crippen molar-refractivity contribution in [2.45, 2.75) is 76.3 Å². The fourth-order valence-electron chi connectivity index (χ4n) is 2.36. The molecule has 0 bridgehead atoms. The molecule has 1 atom stereocenters. The van der Waals surface area contributed by atoms with Crippen molar-refractivity contribution in [3.63, 3.8) is 0 Å². The van der Waals surface area contributed by atoms with E-state index in [0.29, 0.717) is 6.42 Å². The van der Waals surface area contributed by atoms with Crippen molar-refractivity contribution in [2.24, 2.45) is 5.92 Å². The van der Waals surface area contributed by atoms with Gasteiger partial charge in [-0.05, 0) is 19.3 Å². The first-order valence-electron chi connectivity index (χ1n) is 7.97. The van der Waals surface area contributed by atoms with Crippen LogP contribution >= 0.6 is 0 Å². The second kappa shape index (κ2) is 10.8. The average molecular weight is 345 g/mol. The maximum Gasteiger partial charge on any atom is 0.453 e. The van der Waals surface area contributed by atoms with Crippen LogP contribution in [0.1, 0.15) is 64.2 Å². The molecule has 0 aromatic heterocycles. The van der Waals surface area contributed by atoms with Crippen molar-refractivity contribution in [3.8, 4) is 0 Å². The first kappa shape index (κ1) is 22.1. The minimum atomic E-state index is -5.54. The van der Waals surface area contributed by atoms with E-state index in [4.69, 9.17) is 0 Å². The van der Waals surface area contributed by atoms with E-state index in [-0.39, 0.29) is 12.8 Å². The van der Waals surface area contributed by atoms with Gasteiger partial charge in [0.25, 0.3) is 0 Å². The first-order chi connectivity index (χ1) is 10.7. The van der Waals surface area contributed by atoms with Crippen molar-refractivity contribution in [2.75, 3.05) is 7.11 Å². The highest BCUT2D eigenvalue weighted by molar-refractivity contribution is 5.72. The van der Waals surface area contributed by atoms with Gasteiger partial charge in [-0.3, -0.25) is 4.79 Å². The van der Waals surface area contributed by atoms with E-state index < -0.39 is 30.4 Å². The highest BCUT2D eigenvalue weighted by Gasteiger charge is 2.56. The van der Waals surface area contributed by atoms with Gasteiger partial charge in [0.2, 0.25) is 0 Å². The Hall–Kier alpha value is -0.880. The zero-order valence-corrected chi connectivity index (χ0v) is 13.6. The van der Waals surface area contributed by atoms with Crippen LogP contribution < -0.4 is 0 Å². The summed E-state index contributed by atoms with van der Waals surface area (Å²) in [6, 6.07) is 0. The Morgan fingerprint density at radius 1 is 0.957 bits per heavy atom. The molecule has 0 aliphatic carbocycles. The van der Waals surface area contributed by atoms with Gasteiger partial charge in [0.15, 0.2) is 0 Å². The second-order valence-corrected chi connectivity index (χ2v) is 5.72. The number of carbonyl (C=O) groups excluding carboxylic acids is 1. The summed E-state index contributed by atoms with van der Waals surface area (Å²) in [5.41, 5.74) is 0. The Kier molecular flexibility index (Phi) is 10.4. The summed E-state index contributed by atoms with van der Waals surface area (Å²) in [7, 11) is 1.19. The van der Waals surface area contributed by atoms with Gasteiger partial charge in [-0.15, -0.1) is 0 Å². The van der Waals surface area contributed by atoms with E-state index in [1.807, 2.05) is 0 Å². The molecular formula is C16H26F5O2. The zero-order valence-electron chi connectivity index (χ0n) is 13.6. The fraction of sp³-hybridized carbons (Fsp3) is 0.875. The summed E-state index contributed by atoms with van der Waals surface area (Å²) < 4.78 is 66.5. The Labute approximate surface area is 134 Å². The number of esters is 1. The van der Waals surface area contributed by atoms with Crippen LogP contribution in [0.25, 0.3) is 0 Å². The van der Waals surface area contributed by atoms with E-state index >= 15 is 0 Å². The largest absolute Gasteiger partial charge is 0.469 e. The Morgan fingerprint density at radius 2 is 1.48 bits per heavy atom. The third kappa shape index (κ3) is 9.11. The molecule has 0 saturated heterocycles. The number of unbranched alkanes of at least 4 members (excludes halogenated alkanes) is 5. The maximum atomic E-state index is 12.8. The number of alkyl halides is 5. The number of methoxy groups -OCH3 is 1. The monoisotopic (exact) mass is 345 g/mol. The highest BCUT2D eigenvalue weighted by atomic mass is 19.4. The lowest BCUT2D eigenvalue weighted by Gasteiger charge is -2.20. The van der Waals surface area contributed by atoms with Crippen molar-refractivity contribution in [1.82, 2.24) is 0 Å². The standard InChI is InChI=1S/C16H26F5O2/c1-3-4-5-6-7-8-10-13(14(22)23-2)11-9-12-15(17,18)16(19,20)21/h13H,1,3-12H2,2H3. The van der Waals surface area contributed by atoms with E-state index in [1.165, 1.54) is 7.11 Å². The van der Waals surface area contributed by atoms with Gasteiger partial charge in [0, 0.05) is 6.42 Å². The molecular weight excluding hydrogens is 319 g/mol. The van der Waals surface area contributed by atoms with Crippen molar-refractivity contribution < 1.29 is 31.5 Å². The first-order valence-corrected chi connectivity index (χ1v) is 7.97. The van der Waals surface area contributed by atoms with Crippen LogP contribution in [-0.2, 0) is 9.53 Å². The minimum absolute atomic E-state index is 0.0166. The van der Waals surface area contributed by atoms with Crippen LogP contribution in [0.4, 0.5) is 22.0 Å². The molecule has 137 valence electrons. The highest BCUT2D eigenvalue weighted by Crippen LogP contribution is 2.39. The summed E-state index contributed by atoms with van der Waals surface area (Å²) in [5.74, 6) is -5.86. The van der Waals surface area contributed by atoms with E-state index in [1.54, 1.807) is 0 Å². The van der Waals surface area contributed by atoms with Gasteiger partial charge in [-0.1, -0.05) is 45.4 Å². The molecule has 0 aliphatic heterocycles. The molecule has 1 radical (unpaired) electrons. The molecule has 0 spiro atoms. The third-order valence-electron chi connectivity index (χ3n) is 3.80. The average Bonchev–Trinajstić information content (AvgIpc) is 2.46. The second-order valence-electron chi connectivity index (χ2n) is 5.72. The molecule has 0 amide bonds. The molecule has 7 heteroatoms. The molecule has 0 aromatic rings. The molecule has 0 heterocycles. The van der Waals surface area contributed by atoms with E-state index in [9.17, 15) is 26.7 Å². The summed E-state index contributed by atoms with van der Waals surface area (Å²) in [5, 5.41) is 0. The SMILES string of the molecule is [CH2]CCCCCCCC(CCCC(F)(F)C(F)(F)F)C(=O)OC. The Bertz CT molecular complexity index is 329. The molecule has 0 aliphatic rings. The van der Waals surface area contributed by atoms with Crippen molar-refractivity contribution >= 4 is 5.97 Å². The molecule has 23 heavy (non-hydrogen) atoms. The number of rotatable bonds is 12. The summed E-state index contributed by atoms with van der Waals surface area (Å²) >= 11 is 0. The molecule has 0 rings (SSSR count). The van der Waals surface area contributed by atoms with Crippen molar-refractivity contribution in [1.29, 1.82) is 0 Å². The zero-order chi connectivity index (χ0) is 17.9. The third-order valence-corrected chi connectivity index (χ3v) is 3.80. The van der Waals surface area contributed by atoms with Crippen molar-refractivity contribution in [3.05, 3.63) is 6.92 Å². The molecule has 0 saturated carbocycles. The number of halogens is 5. The quantitative estimate of drug-likeness (QED) is 0.257. The Morgan fingerprint density at radius 3 is 2.00 bits per heavy atom. The Balaban J connectivity index is 4.19. The lowest BCUT2D eigenvalue weighted by atomic mass is 9.94. The van der Waals surface area contributed by atoms with E-state index in [0.717, 1.165) is 38.5 Å². The number of hydrogen-bond donors (Lipinski definition) is 0. The van der Waals surface area contributed by atoms with E-state index in [2.05, 4.69) is 11.7 Å². The van der Waals surface area contributed by atoms with Crippen LogP contribution in [0.2, 0.25) is 0 Å². The molecule has 1 unspecified atom stereocenters. The maximum absolute atomic E-state index is 12.8. The lowest BCUT2D eigenvalue weighted by molar-refractivity contribution is -0.284. The fourth-order valence-corrected chi connectivity index (χ4v) is 2.36. The van der Waals surface area contributed by atoms with Crippen LogP contribution in [0.5, 0.6) is 0 Å². The van der Waals surface area contributed by atoms with Crippen LogP contribution in [-0.4, -0.2) is 25.2 Å². The van der Waals surface area contributed by atoms with Crippen LogP contribution in [0.3, 0.4) is 0 Å². The predicted octanol–water partition coefficient (Wildman–Crippen LogP) is 5.71. The normalized spacial score (nSPS) is 13.9. The minimum Gasteiger partial charge on any atom is -0.469 e. The van der Waals surface area contributed by atoms with Crippen LogP contribution in [0.15, 0.2) is 0 Å². The molecule has 0 N–H and O–H groups in total. The predicted molar refractivity (Wildman–Crippen MR) is 78.0 cm³/mol. The van der Waals surface area contributed by atoms with Gasteiger partial charge in [-0.2, -0.15) is 22.0 Å². The summed E-state index contributed by atoms with van der Waals surface area (Å²) in [4.78, 5) is 11.6. The molecule has 2 nitrogen and oxygen atoms in total. The molecule has 0 aromatic carbocycles. The van der Waals surface area contributed by atoms with Gasteiger partial charge in [-0.25, -0.2) is 0 Å². The van der Waals surface area contributed by atoms with Gasteiger partial charge in [0.05, 0.1) is 13.0 Å². The summed E-state index contributed by atoms with van der Waals surface area (Å²) in [6.07, 6.45) is -1.20. The van der Waals surface area contributed by atoms with Gasteiger partial charge >= 0.3 is 18.1 Å². The smallest absolute Gasteiger partial charge is 0.453 e. The van der Waals surface area contributed by atoms with Gasteiger partial charge in [0.1, 0.15) is 0 Å². The lowest BCUT2D eigenvalue weighted by Crippen LogP contribution is -2.36. The van der Waals surface area contributed by atoms with Crippen LogP contribution in [0, 0.1) is 12.8 Å². The summed E-state index contributed by atoms with van der Waals surface area (Å²) in [6.45, 7) is 3.73.